The molecule has 25 heavy (non-hydrogen) atoms. The zero-order valence-electron chi connectivity index (χ0n) is 14.3. The van der Waals surface area contributed by atoms with Crippen molar-refractivity contribution in [3.05, 3.63) is 65.4 Å². The average Bonchev–Trinajstić information content (AvgIpc) is 2.96. The van der Waals surface area contributed by atoms with Gasteiger partial charge in [0.15, 0.2) is 6.10 Å². The molecule has 128 valence electrons. The maximum atomic E-state index is 12.8. The molecule has 5 heteroatoms. The molecule has 3 aromatic rings. The van der Waals surface area contributed by atoms with Gasteiger partial charge in [-0.2, -0.15) is 0 Å². The van der Waals surface area contributed by atoms with Gasteiger partial charge in [0.2, 0.25) is 5.78 Å². The lowest BCUT2D eigenvalue weighted by atomic mass is 10.0. The van der Waals surface area contributed by atoms with Crippen molar-refractivity contribution in [2.75, 3.05) is 7.11 Å². The van der Waals surface area contributed by atoms with E-state index in [0.29, 0.717) is 16.9 Å². The zero-order chi connectivity index (χ0) is 18.0. The summed E-state index contributed by atoms with van der Waals surface area (Å²) in [5.41, 5.74) is 2.83. The standard InChI is InChI=1S/C20H19NO4/c1-12-18(16-6-4-5-7-17(16)21-12)19(22)13(2)25-15-10-8-14(9-11-15)20(23)24-3/h4-11,13,21H,1-3H3/t13-/m0/s1. The van der Waals surface area contributed by atoms with Crippen LogP contribution >= 0.6 is 0 Å². The van der Waals surface area contributed by atoms with Crippen LogP contribution in [0.15, 0.2) is 48.5 Å². The summed E-state index contributed by atoms with van der Waals surface area (Å²) in [6, 6.07) is 14.2. The highest BCUT2D eigenvalue weighted by molar-refractivity contribution is 6.11. The maximum absolute atomic E-state index is 12.8. The van der Waals surface area contributed by atoms with Gasteiger partial charge in [0.05, 0.1) is 12.7 Å². The third-order valence-corrected chi connectivity index (χ3v) is 4.10. The number of para-hydroxylation sites is 1. The van der Waals surface area contributed by atoms with Crippen molar-refractivity contribution in [1.29, 1.82) is 0 Å². The van der Waals surface area contributed by atoms with Crippen molar-refractivity contribution in [2.45, 2.75) is 20.0 Å². The van der Waals surface area contributed by atoms with Gasteiger partial charge in [-0.1, -0.05) is 18.2 Å². The molecule has 0 saturated carbocycles. The van der Waals surface area contributed by atoms with E-state index < -0.39 is 12.1 Å². The largest absolute Gasteiger partial charge is 0.483 e. The first-order chi connectivity index (χ1) is 12.0. The minimum absolute atomic E-state index is 0.0907. The van der Waals surface area contributed by atoms with Gasteiger partial charge in [-0.25, -0.2) is 4.79 Å². The number of methoxy groups -OCH3 is 1. The number of rotatable bonds is 5. The Morgan fingerprint density at radius 2 is 1.72 bits per heavy atom. The van der Waals surface area contributed by atoms with Crippen LogP contribution in [0.25, 0.3) is 10.9 Å². The Morgan fingerprint density at radius 1 is 1.04 bits per heavy atom. The summed E-state index contributed by atoms with van der Waals surface area (Å²) in [7, 11) is 1.33. The number of carbonyl (C=O) groups is 2. The topological polar surface area (TPSA) is 68.4 Å². The second-order valence-electron chi connectivity index (χ2n) is 5.81. The monoisotopic (exact) mass is 337 g/mol. The van der Waals surface area contributed by atoms with Crippen molar-refractivity contribution in [2.24, 2.45) is 0 Å². The van der Waals surface area contributed by atoms with Crippen molar-refractivity contribution in [1.82, 2.24) is 4.98 Å². The molecule has 0 aliphatic heterocycles. The maximum Gasteiger partial charge on any atom is 0.337 e. The number of aryl methyl sites for hydroxylation is 1. The molecule has 0 radical (unpaired) electrons. The first kappa shape index (κ1) is 16.8. The predicted octanol–water partition coefficient (Wildman–Crippen LogP) is 3.91. The van der Waals surface area contributed by atoms with Crippen molar-refractivity contribution in [3.8, 4) is 5.75 Å². The number of fused-ring (bicyclic) bond motifs is 1. The van der Waals surface area contributed by atoms with E-state index >= 15 is 0 Å². The van der Waals surface area contributed by atoms with Crippen LogP contribution in [0.4, 0.5) is 0 Å². The van der Waals surface area contributed by atoms with Crippen LogP contribution in [0.3, 0.4) is 0 Å². The van der Waals surface area contributed by atoms with E-state index in [0.717, 1.165) is 16.6 Å². The van der Waals surface area contributed by atoms with Crippen LogP contribution in [-0.4, -0.2) is 30.0 Å². The van der Waals surface area contributed by atoms with Crippen LogP contribution < -0.4 is 4.74 Å². The Bertz CT molecular complexity index is 925. The van der Waals surface area contributed by atoms with Crippen molar-refractivity contribution >= 4 is 22.7 Å². The van der Waals surface area contributed by atoms with Gasteiger partial charge >= 0.3 is 5.97 Å². The number of hydrogen-bond donors (Lipinski definition) is 1. The lowest BCUT2D eigenvalue weighted by molar-refractivity contribution is 0.0600. The molecule has 0 spiro atoms. The van der Waals surface area contributed by atoms with Gasteiger partial charge < -0.3 is 14.5 Å². The minimum atomic E-state index is -0.651. The average molecular weight is 337 g/mol. The lowest BCUT2D eigenvalue weighted by Crippen LogP contribution is -2.24. The fourth-order valence-electron chi connectivity index (χ4n) is 2.84. The quantitative estimate of drug-likeness (QED) is 0.566. The molecule has 0 amide bonds. The summed E-state index contributed by atoms with van der Waals surface area (Å²) in [4.78, 5) is 27.5. The molecule has 1 aromatic heterocycles. The van der Waals surface area contributed by atoms with E-state index in [-0.39, 0.29) is 5.78 Å². The Labute approximate surface area is 145 Å². The van der Waals surface area contributed by atoms with E-state index in [4.69, 9.17) is 4.74 Å². The van der Waals surface area contributed by atoms with E-state index in [9.17, 15) is 9.59 Å². The Morgan fingerprint density at radius 3 is 2.40 bits per heavy atom. The first-order valence-corrected chi connectivity index (χ1v) is 7.98. The van der Waals surface area contributed by atoms with Gasteiger partial charge in [-0.3, -0.25) is 4.79 Å². The number of esters is 1. The van der Waals surface area contributed by atoms with Crippen molar-refractivity contribution in [3.63, 3.8) is 0 Å². The van der Waals surface area contributed by atoms with Crippen molar-refractivity contribution < 1.29 is 19.1 Å². The fraction of sp³-hybridized carbons (Fsp3) is 0.200. The molecule has 3 rings (SSSR count). The van der Waals surface area contributed by atoms with Gasteiger partial charge in [-0.05, 0) is 44.2 Å². The fourth-order valence-corrected chi connectivity index (χ4v) is 2.84. The second kappa shape index (κ2) is 6.81. The number of ether oxygens (including phenoxy) is 2. The van der Waals surface area contributed by atoms with Gasteiger partial charge in [-0.15, -0.1) is 0 Å². The third-order valence-electron chi connectivity index (χ3n) is 4.10. The summed E-state index contributed by atoms with van der Waals surface area (Å²) in [6.45, 7) is 3.60. The van der Waals surface area contributed by atoms with Gasteiger partial charge in [0.1, 0.15) is 5.75 Å². The molecular formula is C20H19NO4. The number of carbonyl (C=O) groups excluding carboxylic acids is 2. The van der Waals surface area contributed by atoms with E-state index in [1.807, 2.05) is 31.2 Å². The lowest BCUT2D eigenvalue weighted by Gasteiger charge is -2.14. The highest BCUT2D eigenvalue weighted by Crippen LogP contribution is 2.24. The Hall–Kier alpha value is -3.08. The SMILES string of the molecule is COC(=O)c1ccc(O[C@@H](C)C(=O)c2c(C)[nH]c3ccccc23)cc1. The van der Waals surface area contributed by atoms with Crippen LogP contribution in [0.1, 0.15) is 33.3 Å². The van der Waals surface area contributed by atoms with Gasteiger partial charge in [0, 0.05) is 22.2 Å². The normalized spacial score (nSPS) is 12.0. The number of benzene rings is 2. The molecule has 0 unspecified atom stereocenters. The Kier molecular flexibility index (Phi) is 4.57. The Balaban J connectivity index is 1.80. The van der Waals surface area contributed by atoms with Crippen LogP contribution in [0.2, 0.25) is 0 Å². The molecule has 1 N–H and O–H groups in total. The molecule has 0 aliphatic carbocycles. The van der Waals surface area contributed by atoms with Gasteiger partial charge in [0.25, 0.3) is 0 Å². The summed E-state index contributed by atoms with van der Waals surface area (Å²) in [5.74, 6) is 0.0167. The smallest absolute Gasteiger partial charge is 0.337 e. The van der Waals surface area contributed by atoms with Crippen LogP contribution in [0.5, 0.6) is 5.75 Å². The number of Topliss-reactive ketones (excluding diaryl/α,β-unsaturated/α-hetero) is 1. The minimum Gasteiger partial charge on any atom is -0.483 e. The number of nitrogens with one attached hydrogen (secondary N) is 1. The highest BCUT2D eigenvalue weighted by atomic mass is 16.5. The molecule has 0 fully saturated rings. The molecule has 0 saturated heterocycles. The summed E-state index contributed by atoms with van der Waals surface area (Å²) < 4.78 is 10.4. The molecule has 1 heterocycles. The number of ketones is 1. The highest BCUT2D eigenvalue weighted by Gasteiger charge is 2.22. The van der Waals surface area contributed by atoms with E-state index in [2.05, 4.69) is 9.72 Å². The number of H-pyrrole nitrogens is 1. The summed E-state index contributed by atoms with van der Waals surface area (Å²) >= 11 is 0. The van der Waals surface area contributed by atoms with E-state index in [1.54, 1.807) is 31.2 Å². The third kappa shape index (κ3) is 3.26. The summed E-state index contributed by atoms with van der Waals surface area (Å²) in [6.07, 6.45) is -0.651. The predicted molar refractivity (Wildman–Crippen MR) is 95.2 cm³/mol. The number of aromatic nitrogens is 1. The first-order valence-electron chi connectivity index (χ1n) is 7.98. The summed E-state index contributed by atoms with van der Waals surface area (Å²) in [5, 5.41) is 0.890. The molecular weight excluding hydrogens is 318 g/mol. The number of aromatic amines is 1. The van der Waals surface area contributed by atoms with E-state index in [1.165, 1.54) is 7.11 Å². The zero-order valence-corrected chi connectivity index (χ0v) is 14.3. The number of hydrogen-bond acceptors (Lipinski definition) is 4. The second-order valence-corrected chi connectivity index (χ2v) is 5.81. The van der Waals surface area contributed by atoms with Crippen LogP contribution in [0, 0.1) is 6.92 Å². The molecule has 0 bridgehead atoms. The molecule has 1 atom stereocenters. The molecule has 2 aromatic carbocycles. The van der Waals surface area contributed by atoms with Crippen LogP contribution in [-0.2, 0) is 4.74 Å². The molecule has 0 aliphatic rings. The molecule has 5 nitrogen and oxygen atoms in total.